The van der Waals surface area contributed by atoms with Crippen molar-refractivity contribution in [1.29, 1.82) is 0 Å². The molecule has 0 atom stereocenters. The quantitative estimate of drug-likeness (QED) is 0.836. The lowest BCUT2D eigenvalue weighted by atomic mass is 10.1. The van der Waals surface area contributed by atoms with E-state index in [1.165, 1.54) is 42.4 Å². The molecular formula is C20H29N3O. The molecule has 0 unspecified atom stereocenters. The highest BCUT2D eigenvalue weighted by atomic mass is 16.5. The SMILES string of the molecule is CNCc1cc(OCc2ccc(C)cc2C)n(CC2CCCC2)n1. The number of benzene rings is 1. The number of hydrogen-bond acceptors (Lipinski definition) is 3. The van der Waals surface area contributed by atoms with E-state index in [2.05, 4.69) is 48.1 Å². The molecule has 1 saturated carbocycles. The Bertz CT molecular complexity index is 672. The molecule has 0 saturated heterocycles. The molecule has 4 nitrogen and oxygen atoms in total. The van der Waals surface area contributed by atoms with Crippen LogP contribution in [0.25, 0.3) is 0 Å². The summed E-state index contributed by atoms with van der Waals surface area (Å²) in [5.74, 6) is 1.64. The summed E-state index contributed by atoms with van der Waals surface area (Å²) in [7, 11) is 1.95. The fraction of sp³-hybridized carbons (Fsp3) is 0.550. The van der Waals surface area contributed by atoms with Gasteiger partial charge in [-0.3, -0.25) is 0 Å². The van der Waals surface area contributed by atoms with Gasteiger partial charge in [-0.15, -0.1) is 0 Å². The first-order valence-corrected chi connectivity index (χ1v) is 9.06. The molecule has 0 spiro atoms. The summed E-state index contributed by atoms with van der Waals surface area (Å²) in [5.41, 5.74) is 4.86. The minimum absolute atomic E-state index is 0.599. The van der Waals surface area contributed by atoms with Crippen LogP contribution in [0.4, 0.5) is 0 Å². The normalized spacial score (nSPS) is 15.1. The maximum atomic E-state index is 6.15. The number of ether oxygens (including phenoxy) is 1. The van der Waals surface area contributed by atoms with E-state index < -0.39 is 0 Å². The molecule has 1 fully saturated rings. The second kappa shape index (κ2) is 7.84. The lowest BCUT2D eigenvalue weighted by molar-refractivity contribution is 0.261. The Hall–Kier alpha value is -1.81. The molecule has 3 rings (SSSR count). The molecule has 0 radical (unpaired) electrons. The first-order valence-electron chi connectivity index (χ1n) is 9.06. The van der Waals surface area contributed by atoms with Crippen molar-refractivity contribution in [3.63, 3.8) is 0 Å². The van der Waals surface area contributed by atoms with Crippen molar-refractivity contribution < 1.29 is 4.74 Å². The van der Waals surface area contributed by atoms with Crippen LogP contribution in [-0.4, -0.2) is 16.8 Å². The van der Waals surface area contributed by atoms with E-state index in [4.69, 9.17) is 9.84 Å². The highest BCUT2D eigenvalue weighted by Crippen LogP contribution is 2.28. The standard InChI is InChI=1S/C20H29N3O/c1-15-8-9-18(16(2)10-15)14-24-20-11-19(12-21-3)22-23(20)13-17-6-4-5-7-17/h8-11,17,21H,4-7,12-14H2,1-3H3. The van der Waals surface area contributed by atoms with Crippen LogP contribution < -0.4 is 10.1 Å². The summed E-state index contributed by atoms with van der Waals surface area (Å²) in [6.45, 7) is 6.62. The van der Waals surface area contributed by atoms with Gasteiger partial charge in [-0.2, -0.15) is 5.10 Å². The summed E-state index contributed by atoms with van der Waals surface area (Å²) < 4.78 is 8.23. The average Bonchev–Trinajstić information content (AvgIpc) is 3.18. The molecule has 2 aromatic rings. The smallest absolute Gasteiger partial charge is 0.212 e. The maximum absolute atomic E-state index is 6.15. The van der Waals surface area contributed by atoms with Crippen molar-refractivity contribution in [3.8, 4) is 5.88 Å². The Labute approximate surface area is 145 Å². The summed E-state index contributed by atoms with van der Waals surface area (Å²) in [6, 6.07) is 8.60. The van der Waals surface area contributed by atoms with Gasteiger partial charge in [0.2, 0.25) is 5.88 Å². The van der Waals surface area contributed by atoms with E-state index in [-0.39, 0.29) is 0 Å². The van der Waals surface area contributed by atoms with E-state index in [1.807, 2.05) is 7.05 Å². The Balaban J connectivity index is 1.72. The van der Waals surface area contributed by atoms with Crippen molar-refractivity contribution in [2.45, 2.75) is 59.2 Å². The zero-order chi connectivity index (χ0) is 16.9. The van der Waals surface area contributed by atoms with Crippen LogP contribution >= 0.6 is 0 Å². The summed E-state index contributed by atoms with van der Waals surface area (Å²) in [5, 5.41) is 7.92. The molecule has 1 aromatic carbocycles. The van der Waals surface area contributed by atoms with Crippen LogP contribution in [-0.2, 0) is 19.7 Å². The molecule has 1 N–H and O–H groups in total. The minimum atomic E-state index is 0.599. The van der Waals surface area contributed by atoms with Crippen LogP contribution in [0.1, 0.15) is 48.1 Å². The lowest BCUT2D eigenvalue weighted by Gasteiger charge is -2.14. The maximum Gasteiger partial charge on any atom is 0.212 e. The van der Waals surface area contributed by atoms with Crippen molar-refractivity contribution >= 4 is 0 Å². The summed E-state index contributed by atoms with van der Waals surface area (Å²) >= 11 is 0. The molecular weight excluding hydrogens is 298 g/mol. The van der Waals surface area contributed by atoms with E-state index in [1.54, 1.807) is 0 Å². The number of nitrogens with one attached hydrogen (secondary N) is 1. The van der Waals surface area contributed by atoms with Gasteiger partial charge >= 0.3 is 0 Å². The van der Waals surface area contributed by atoms with Crippen molar-refractivity contribution in [1.82, 2.24) is 15.1 Å². The van der Waals surface area contributed by atoms with Crippen molar-refractivity contribution in [2.75, 3.05) is 7.05 Å². The van der Waals surface area contributed by atoms with Gasteiger partial charge in [0.1, 0.15) is 6.61 Å². The third kappa shape index (κ3) is 4.18. The Morgan fingerprint density at radius 2 is 2.00 bits per heavy atom. The number of rotatable bonds is 7. The van der Waals surface area contributed by atoms with Crippen LogP contribution in [0.15, 0.2) is 24.3 Å². The zero-order valence-electron chi connectivity index (χ0n) is 15.1. The fourth-order valence-electron chi connectivity index (χ4n) is 3.56. The predicted molar refractivity (Wildman–Crippen MR) is 97.2 cm³/mol. The fourth-order valence-corrected chi connectivity index (χ4v) is 3.56. The van der Waals surface area contributed by atoms with Gasteiger partial charge < -0.3 is 10.1 Å². The van der Waals surface area contributed by atoms with Crippen molar-refractivity contribution in [2.24, 2.45) is 5.92 Å². The first kappa shape index (κ1) is 17.0. The summed E-state index contributed by atoms with van der Waals surface area (Å²) in [4.78, 5) is 0. The van der Waals surface area contributed by atoms with Gasteiger partial charge in [-0.05, 0) is 50.8 Å². The third-order valence-corrected chi connectivity index (χ3v) is 4.93. The van der Waals surface area contributed by atoms with Gasteiger partial charge in [-0.25, -0.2) is 4.68 Å². The Morgan fingerprint density at radius 1 is 1.21 bits per heavy atom. The number of aromatic nitrogens is 2. The second-order valence-electron chi connectivity index (χ2n) is 7.06. The lowest BCUT2D eigenvalue weighted by Crippen LogP contribution is -2.12. The highest BCUT2D eigenvalue weighted by molar-refractivity contribution is 5.30. The van der Waals surface area contributed by atoms with Gasteiger partial charge in [-0.1, -0.05) is 36.6 Å². The third-order valence-electron chi connectivity index (χ3n) is 4.93. The first-order chi connectivity index (χ1) is 11.7. The molecule has 130 valence electrons. The van der Waals surface area contributed by atoms with Crippen LogP contribution in [0.5, 0.6) is 5.88 Å². The van der Waals surface area contributed by atoms with E-state index in [0.717, 1.165) is 30.6 Å². The van der Waals surface area contributed by atoms with Gasteiger partial charge in [0.25, 0.3) is 0 Å². The van der Waals surface area contributed by atoms with Gasteiger partial charge in [0.15, 0.2) is 0 Å². The topological polar surface area (TPSA) is 39.1 Å². The van der Waals surface area contributed by atoms with Crippen molar-refractivity contribution in [3.05, 3.63) is 46.6 Å². The zero-order valence-corrected chi connectivity index (χ0v) is 15.1. The van der Waals surface area contributed by atoms with E-state index in [9.17, 15) is 0 Å². The predicted octanol–water partition coefficient (Wildman–Crippen LogP) is 3.99. The Morgan fingerprint density at radius 3 is 2.71 bits per heavy atom. The van der Waals surface area contributed by atoms with Crippen LogP contribution in [0, 0.1) is 19.8 Å². The highest BCUT2D eigenvalue weighted by Gasteiger charge is 2.19. The van der Waals surface area contributed by atoms with Gasteiger partial charge in [0, 0.05) is 19.2 Å². The van der Waals surface area contributed by atoms with Gasteiger partial charge in [0.05, 0.1) is 5.69 Å². The number of hydrogen-bond donors (Lipinski definition) is 1. The second-order valence-corrected chi connectivity index (χ2v) is 7.06. The average molecular weight is 327 g/mol. The molecule has 1 aliphatic carbocycles. The molecule has 0 bridgehead atoms. The van der Waals surface area contributed by atoms with E-state index in [0.29, 0.717) is 6.61 Å². The summed E-state index contributed by atoms with van der Waals surface area (Å²) in [6.07, 6.45) is 5.34. The monoisotopic (exact) mass is 327 g/mol. The van der Waals surface area contributed by atoms with E-state index >= 15 is 0 Å². The number of aryl methyl sites for hydroxylation is 2. The molecule has 0 aliphatic heterocycles. The molecule has 24 heavy (non-hydrogen) atoms. The Kier molecular flexibility index (Phi) is 5.56. The molecule has 1 aliphatic rings. The molecule has 4 heteroatoms. The van der Waals surface area contributed by atoms with Crippen LogP contribution in [0.2, 0.25) is 0 Å². The molecule has 1 heterocycles. The molecule has 0 amide bonds. The van der Waals surface area contributed by atoms with Crippen LogP contribution in [0.3, 0.4) is 0 Å². The largest absolute Gasteiger partial charge is 0.473 e. The minimum Gasteiger partial charge on any atom is -0.473 e. The molecule has 1 aromatic heterocycles. The number of nitrogens with zero attached hydrogens (tertiary/aromatic N) is 2.